The Morgan fingerprint density at radius 2 is 0.869 bits per heavy atom. The Bertz CT molecular complexity index is 3130. The molecule has 6 heterocycles. The van der Waals surface area contributed by atoms with E-state index in [0.29, 0.717) is 50.1 Å². The first-order chi connectivity index (χ1) is 43.6. The van der Waals surface area contributed by atoms with Crippen LogP contribution in [0.5, 0.6) is 0 Å². The Morgan fingerprint density at radius 1 is 0.444 bits per heavy atom. The molecule has 570 valence electrons. The topological polar surface area (TPSA) is 144 Å². The standard InChI is InChI=1S/C14H26O2.C13H22O2.C13H22.C12H22N2.C12H21NO.C12H22O2.C11H19NO/c1-12(2,3)10-11(13(4,5)6)16-9-8-14(10,7)15;1-12(2,3)10-9(14)7-8-15-11(10)13(4,5)6;1-12(2,3)10-8-7-9-11(10)13(4,5)6;1-11(2,3)9-10(12(4,5)6)14(7)8-13-9;1-8-9(11(2,3)4)10(14-13-8)12(5,6)7;1-11(2,3)9-10(12(4,5)6)14-8-7-13-9;1-10(2,3)8-9(11(4,5)6)13-7-12-8/h15H,8-9H2,1-7H3;7-8H2,1-6H3;7-8H,9H2,1-6H3;8H,1-7H3;1-7H3;7-8H2,1-6H3;7H,1-6H3. The van der Waals surface area contributed by atoms with Crippen molar-refractivity contribution in [3.63, 3.8) is 0 Å². The van der Waals surface area contributed by atoms with Crippen molar-refractivity contribution in [1.82, 2.24) is 19.7 Å². The van der Waals surface area contributed by atoms with Gasteiger partial charge in [-0.25, -0.2) is 9.97 Å². The van der Waals surface area contributed by atoms with Crippen molar-refractivity contribution >= 4 is 5.78 Å². The van der Waals surface area contributed by atoms with E-state index in [1.54, 1.807) is 17.5 Å². The highest BCUT2D eigenvalue weighted by Gasteiger charge is 2.44. The maximum atomic E-state index is 12.0. The van der Waals surface area contributed by atoms with Gasteiger partial charge in [-0.2, -0.15) is 0 Å². The maximum absolute atomic E-state index is 12.0. The molecule has 3 aromatic rings. The lowest BCUT2D eigenvalue weighted by atomic mass is 9.70. The number of hydrogen-bond acceptors (Lipinski definition) is 11. The molecule has 3 aromatic heterocycles. The summed E-state index contributed by atoms with van der Waals surface area (Å²) in [5, 5.41) is 14.6. The number of carbonyl (C=O) groups excluding carboxylic acids is 1. The number of ether oxygens (including phenoxy) is 4. The quantitative estimate of drug-likeness (QED) is 0.230. The van der Waals surface area contributed by atoms with Gasteiger partial charge in [-0.3, -0.25) is 4.79 Å². The molecule has 4 aliphatic rings. The number of carbonyl (C=O) groups is 1. The van der Waals surface area contributed by atoms with Gasteiger partial charge >= 0.3 is 0 Å². The van der Waals surface area contributed by atoms with Crippen molar-refractivity contribution < 1.29 is 37.8 Å². The van der Waals surface area contributed by atoms with Crippen LogP contribution in [0, 0.1) is 50.2 Å². The highest BCUT2D eigenvalue weighted by Crippen LogP contribution is 2.48. The number of Topliss-reactive ketones (excluding diaryl/α,β-unsaturated/α-hetero) is 1. The molecule has 3 aliphatic heterocycles. The number of ketones is 1. The predicted octanol–water partition coefficient (Wildman–Crippen LogP) is 24.4. The van der Waals surface area contributed by atoms with Gasteiger partial charge < -0.3 is 37.6 Å². The van der Waals surface area contributed by atoms with E-state index in [1.165, 1.54) is 17.0 Å². The largest absolute Gasteiger partial charge is 0.497 e. The van der Waals surface area contributed by atoms with E-state index in [-0.39, 0.29) is 70.8 Å². The Kier molecular flexibility index (Phi) is 30.2. The minimum absolute atomic E-state index is 0.0308. The minimum atomic E-state index is -0.737. The molecule has 0 saturated carbocycles. The Balaban J connectivity index is 0.000000578. The first-order valence-electron chi connectivity index (χ1n) is 36.9. The average Bonchev–Trinajstić information content (AvgIpc) is 1.74. The number of rotatable bonds is 0. The number of aromatic nitrogens is 4. The Morgan fingerprint density at radius 3 is 1.16 bits per heavy atom. The fourth-order valence-corrected chi connectivity index (χ4v) is 12.8. The van der Waals surface area contributed by atoms with E-state index in [2.05, 4.69) is 330 Å². The van der Waals surface area contributed by atoms with Crippen molar-refractivity contribution in [2.45, 2.75) is 362 Å². The van der Waals surface area contributed by atoms with E-state index < -0.39 is 5.60 Å². The highest BCUT2D eigenvalue weighted by molar-refractivity contribution is 5.97. The maximum Gasteiger partial charge on any atom is 0.181 e. The number of aliphatic hydroxyl groups is 1. The molecule has 0 spiro atoms. The van der Waals surface area contributed by atoms with Crippen molar-refractivity contribution in [3.8, 4) is 0 Å². The monoisotopic (exact) mass is 1380 g/mol. The zero-order valence-electron chi connectivity index (χ0n) is 72.9. The van der Waals surface area contributed by atoms with Gasteiger partial charge in [-0.05, 0) is 52.9 Å². The van der Waals surface area contributed by atoms with Crippen molar-refractivity contribution in [3.05, 3.63) is 110 Å². The summed E-state index contributed by atoms with van der Waals surface area (Å²) in [6, 6.07) is 0. The predicted molar refractivity (Wildman–Crippen MR) is 419 cm³/mol. The normalized spacial score (nSPS) is 18.1. The van der Waals surface area contributed by atoms with Crippen LogP contribution in [-0.2, 0) is 63.3 Å². The van der Waals surface area contributed by atoms with Crippen LogP contribution in [0.1, 0.15) is 357 Å². The zero-order valence-corrected chi connectivity index (χ0v) is 72.9. The second-order valence-electron chi connectivity index (χ2n) is 42.7. The van der Waals surface area contributed by atoms with Crippen LogP contribution in [0.2, 0.25) is 0 Å². The summed E-state index contributed by atoms with van der Waals surface area (Å²) in [4.78, 5) is 20.8. The first-order valence-corrected chi connectivity index (χ1v) is 36.9. The number of imidazole rings is 1. The van der Waals surface area contributed by atoms with Gasteiger partial charge in [0.15, 0.2) is 12.2 Å². The van der Waals surface area contributed by atoms with E-state index >= 15 is 0 Å². The third-order valence-electron chi connectivity index (χ3n) is 16.9. The van der Waals surface area contributed by atoms with E-state index in [9.17, 15) is 9.90 Å². The molecule has 12 nitrogen and oxygen atoms in total. The van der Waals surface area contributed by atoms with Gasteiger partial charge in [0.1, 0.15) is 47.8 Å². The number of nitrogens with zero attached hydrogens (tertiary/aromatic N) is 4. The van der Waals surface area contributed by atoms with Crippen molar-refractivity contribution in [1.29, 1.82) is 0 Å². The van der Waals surface area contributed by atoms with Gasteiger partial charge in [-0.1, -0.05) is 314 Å². The molecule has 12 heteroatoms. The van der Waals surface area contributed by atoms with Crippen molar-refractivity contribution in [2.24, 2.45) is 50.4 Å². The molecule has 0 fully saturated rings. The van der Waals surface area contributed by atoms with E-state index in [1.807, 2.05) is 20.2 Å². The molecular weight excluding hydrogens is 1230 g/mol. The fourth-order valence-electron chi connectivity index (χ4n) is 12.8. The molecule has 1 unspecified atom stereocenters. The molecule has 0 saturated heterocycles. The molecular formula is C87H154N4O8. The van der Waals surface area contributed by atoms with Crippen LogP contribution >= 0.6 is 0 Å². The number of allylic oxidation sites excluding steroid dienone is 9. The molecule has 0 amide bonds. The molecule has 0 radical (unpaired) electrons. The fraction of sp³-hybridized carbons (Fsp3) is 0.770. The zero-order chi connectivity index (χ0) is 78.5. The van der Waals surface area contributed by atoms with Crippen LogP contribution in [0.25, 0.3) is 0 Å². The second kappa shape index (κ2) is 32.4. The first kappa shape index (κ1) is 92.2. The van der Waals surface area contributed by atoms with Gasteiger partial charge in [0.05, 0.1) is 42.2 Å². The number of aryl methyl sites for hydroxylation is 2. The minimum Gasteiger partial charge on any atom is -0.497 e. The SMILES string of the molecule is CC(C)(C)C1=C(C(C)(C)C)C(=O)CCO1.CC(C)(C)C1=C(C(C)(C)C)C(C)(O)CCO1.CC(C)(C)C1=C(C(C)(C)C)CC=C1.CC(C)(C)C1=C(C(C)(C)C)OCCO1.CC(C)(C)c1ncoc1C(C)(C)C.Cc1noc(C(C)(C)C)c1C(C)(C)C.Cn1cnc(C(C)(C)C)c1C(C)(C)C. The van der Waals surface area contributed by atoms with Gasteiger partial charge in [0, 0.05) is 91.0 Å². The molecule has 1 N–H and O–H groups in total. The summed E-state index contributed by atoms with van der Waals surface area (Å²) in [6.07, 6.45) is 10.4. The van der Waals surface area contributed by atoms with Gasteiger partial charge in [0.2, 0.25) is 0 Å². The van der Waals surface area contributed by atoms with Gasteiger partial charge in [-0.15, -0.1) is 0 Å². The lowest BCUT2D eigenvalue weighted by molar-refractivity contribution is -0.119. The molecule has 99 heavy (non-hydrogen) atoms. The molecule has 1 aliphatic carbocycles. The van der Waals surface area contributed by atoms with Crippen LogP contribution in [-0.4, -0.2) is 62.6 Å². The lowest BCUT2D eigenvalue weighted by Gasteiger charge is -2.43. The number of hydrogen-bond donors (Lipinski definition) is 1. The molecule has 7 rings (SSSR count). The molecule has 0 aromatic carbocycles. The summed E-state index contributed by atoms with van der Waals surface area (Å²) in [7, 11) is 2.07. The highest BCUT2D eigenvalue weighted by atomic mass is 16.6. The average molecular weight is 1380 g/mol. The Hall–Kier alpha value is -4.84. The summed E-state index contributed by atoms with van der Waals surface area (Å²) >= 11 is 0. The van der Waals surface area contributed by atoms with E-state index in [0.717, 1.165) is 63.5 Å². The van der Waals surface area contributed by atoms with Crippen LogP contribution in [0.4, 0.5) is 0 Å². The summed E-state index contributed by atoms with van der Waals surface area (Å²) in [5.41, 5.74) is 11.1. The summed E-state index contributed by atoms with van der Waals surface area (Å²) < 4.78 is 36.0. The molecule has 1 atom stereocenters. The summed E-state index contributed by atoms with van der Waals surface area (Å²) in [5.74, 6) is 6.14. The second-order valence-corrected chi connectivity index (χ2v) is 42.7. The number of oxazole rings is 1. The summed E-state index contributed by atoms with van der Waals surface area (Å²) in [6.45, 7) is 97.7. The molecule has 0 bridgehead atoms. The third kappa shape index (κ3) is 27.7. The van der Waals surface area contributed by atoms with E-state index in [4.69, 9.17) is 27.9 Å². The van der Waals surface area contributed by atoms with Crippen LogP contribution < -0.4 is 0 Å². The Labute approximate surface area is 609 Å². The van der Waals surface area contributed by atoms with Gasteiger partial charge in [0.25, 0.3) is 0 Å². The van der Waals surface area contributed by atoms with Crippen LogP contribution in [0.15, 0.2) is 79.1 Å². The van der Waals surface area contributed by atoms with Crippen LogP contribution in [0.3, 0.4) is 0 Å². The smallest absolute Gasteiger partial charge is 0.181 e. The van der Waals surface area contributed by atoms with Crippen molar-refractivity contribution in [2.75, 3.05) is 26.4 Å². The lowest BCUT2D eigenvalue weighted by Crippen LogP contribution is -2.42. The third-order valence-corrected chi connectivity index (χ3v) is 16.9.